The summed E-state index contributed by atoms with van der Waals surface area (Å²) >= 11 is 0. The second kappa shape index (κ2) is 6.13. The highest BCUT2D eigenvalue weighted by Crippen LogP contribution is 2.15. The first-order valence-corrected chi connectivity index (χ1v) is 6.03. The van der Waals surface area contributed by atoms with Gasteiger partial charge in [0, 0.05) is 30.0 Å². The molecule has 0 heterocycles. The summed E-state index contributed by atoms with van der Waals surface area (Å²) in [6.45, 7) is 5.65. The fraction of sp³-hybridized carbons (Fsp3) is 0.462. The second-order valence-corrected chi connectivity index (χ2v) is 4.18. The number of benzene rings is 1. The lowest BCUT2D eigenvalue weighted by Crippen LogP contribution is -2.32. The number of amides is 1. The number of nitrogens with zero attached hydrogens (tertiary/aromatic N) is 1. The molecule has 17 heavy (non-hydrogen) atoms. The minimum Gasteiger partial charge on any atom is -0.399 e. The highest BCUT2D eigenvalue weighted by atomic mass is 16.2. The molecule has 0 fully saturated rings. The van der Waals surface area contributed by atoms with Crippen LogP contribution < -0.4 is 11.5 Å². The van der Waals surface area contributed by atoms with Crippen LogP contribution in [0.4, 0.5) is 11.4 Å². The maximum absolute atomic E-state index is 12.2. The topological polar surface area (TPSA) is 72.3 Å². The molecule has 0 aliphatic rings. The maximum atomic E-state index is 12.2. The smallest absolute Gasteiger partial charge is 0.254 e. The molecule has 4 N–H and O–H groups in total. The van der Waals surface area contributed by atoms with Gasteiger partial charge in [0.05, 0.1) is 0 Å². The number of hydrogen-bond donors (Lipinski definition) is 2. The summed E-state index contributed by atoms with van der Waals surface area (Å²) < 4.78 is 0. The lowest BCUT2D eigenvalue weighted by molar-refractivity contribution is 0.0755. The van der Waals surface area contributed by atoms with Gasteiger partial charge in [-0.1, -0.05) is 13.8 Å². The van der Waals surface area contributed by atoms with Crippen LogP contribution in [0.1, 0.15) is 37.0 Å². The number of hydrogen-bond acceptors (Lipinski definition) is 3. The van der Waals surface area contributed by atoms with Crippen molar-refractivity contribution in [2.45, 2.75) is 26.7 Å². The molecule has 0 unspecified atom stereocenters. The maximum Gasteiger partial charge on any atom is 0.254 e. The Labute approximate surface area is 103 Å². The van der Waals surface area contributed by atoms with Crippen molar-refractivity contribution in [3.05, 3.63) is 23.8 Å². The molecule has 0 bridgehead atoms. The lowest BCUT2D eigenvalue weighted by atomic mass is 10.1. The van der Waals surface area contributed by atoms with E-state index in [0.717, 1.165) is 25.9 Å². The van der Waals surface area contributed by atoms with Crippen LogP contribution in [0, 0.1) is 0 Å². The highest BCUT2D eigenvalue weighted by molar-refractivity contribution is 5.96. The summed E-state index contributed by atoms with van der Waals surface area (Å²) in [7, 11) is 0. The van der Waals surface area contributed by atoms with Gasteiger partial charge < -0.3 is 16.4 Å². The van der Waals surface area contributed by atoms with E-state index in [1.807, 2.05) is 4.90 Å². The van der Waals surface area contributed by atoms with Gasteiger partial charge in [0.1, 0.15) is 0 Å². The van der Waals surface area contributed by atoms with E-state index in [2.05, 4.69) is 13.8 Å². The normalized spacial score (nSPS) is 10.2. The van der Waals surface area contributed by atoms with Gasteiger partial charge in [0.15, 0.2) is 0 Å². The molecule has 1 aromatic rings. The van der Waals surface area contributed by atoms with Crippen molar-refractivity contribution in [3.8, 4) is 0 Å². The van der Waals surface area contributed by atoms with Crippen molar-refractivity contribution in [2.75, 3.05) is 24.6 Å². The molecule has 1 aromatic carbocycles. The summed E-state index contributed by atoms with van der Waals surface area (Å²) in [6.07, 6.45) is 1.90. The Kier molecular flexibility index (Phi) is 4.82. The Bertz CT molecular complexity index is 364. The predicted octanol–water partition coefficient (Wildman–Crippen LogP) is 2.11. The van der Waals surface area contributed by atoms with E-state index in [9.17, 15) is 4.79 Å². The zero-order valence-corrected chi connectivity index (χ0v) is 10.6. The van der Waals surface area contributed by atoms with Gasteiger partial charge in [0.2, 0.25) is 0 Å². The first-order valence-electron chi connectivity index (χ1n) is 6.03. The van der Waals surface area contributed by atoms with Crippen LogP contribution in [0.15, 0.2) is 18.2 Å². The van der Waals surface area contributed by atoms with Crippen LogP contribution >= 0.6 is 0 Å². The van der Waals surface area contributed by atoms with Gasteiger partial charge in [-0.25, -0.2) is 0 Å². The molecule has 0 atom stereocenters. The average Bonchev–Trinajstić information content (AvgIpc) is 2.26. The van der Waals surface area contributed by atoms with E-state index >= 15 is 0 Å². The average molecular weight is 235 g/mol. The Morgan fingerprint density at radius 1 is 1.06 bits per heavy atom. The van der Waals surface area contributed by atoms with E-state index in [-0.39, 0.29) is 5.91 Å². The molecule has 0 radical (unpaired) electrons. The zero-order valence-electron chi connectivity index (χ0n) is 10.6. The first-order chi connectivity index (χ1) is 8.08. The molecule has 0 saturated heterocycles. The van der Waals surface area contributed by atoms with Gasteiger partial charge in [-0.2, -0.15) is 0 Å². The number of nitrogen functional groups attached to an aromatic ring is 2. The van der Waals surface area contributed by atoms with Crippen LogP contribution in [0.3, 0.4) is 0 Å². The number of rotatable bonds is 5. The monoisotopic (exact) mass is 235 g/mol. The van der Waals surface area contributed by atoms with E-state index < -0.39 is 0 Å². The zero-order chi connectivity index (χ0) is 12.8. The van der Waals surface area contributed by atoms with Gasteiger partial charge in [-0.05, 0) is 31.0 Å². The summed E-state index contributed by atoms with van der Waals surface area (Å²) in [5.41, 5.74) is 13.0. The van der Waals surface area contributed by atoms with Gasteiger partial charge >= 0.3 is 0 Å². The molecule has 0 aliphatic carbocycles. The molecule has 0 aromatic heterocycles. The van der Waals surface area contributed by atoms with E-state index in [4.69, 9.17) is 11.5 Å². The van der Waals surface area contributed by atoms with Crippen molar-refractivity contribution in [1.29, 1.82) is 0 Å². The molecule has 94 valence electrons. The minimum atomic E-state index is 0.00713. The molecule has 1 rings (SSSR count). The van der Waals surface area contributed by atoms with E-state index in [0.29, 0.717) is 16.9 Å². The number of carbonyl (C=O) groups excluding carboxylic acids is 1. The van der Waals surface area contributed by atoms with Gasteiger partial charge in [0.25, 0.3) is 5.91 Å². The molecule has 0 aliphatic heterocycles. The van der Waals surface area contributed by atoms with E-state index in [1.165, 1.54) is 0 Å². The van der Waals surface area contributed by atoms with Crippen molar-refractivity contribution in [3.63, 3.8) is 0 Å². The fourth-order valence-corrected chi connectivity index (χ4v) is 1.84. The molecule has 4 heteroatoms. The number of nitrogens with two attached hydrogens (primary N) is 2. The molecular formula is C13H21N3O. The van der Waals surface area contributed by atoms with Crippen molar-refractivity contribution in [2.24, 2.45) is 0 Å². The summed E-state index contributed by atoms with van der Waals surface area (Å²) in [4.78, 5) is 14.1. The largest absolute Gasteiger partial charge is 0.399 e. The Morgan fingerprint density at radius 3 is 1.94 bits per heavy atom. The number of anilines is 2. The molecular weight excluding hydrogens is 214 g/mol. The fourth-order valence-electron chi connectivity index (χ4n) is 1.84. The van der Waals surface area contributed by atoms with Crippen LogP contribution in [0.5, 0.6) is 0 Å². The third-order valence-corrected chi connectivity index (χ3v) is 2.50. The van der Waals surface area contributed by atoms with Crippen molar-refractivity contribution >= 4 is 17.3 Å². The third-order valence-electron chi connectivity index (χ3n) is 2.50. The number of carbonyl (C=O) groups is 1. The molecule has 4 nitrogen and oxygen atoms in total. The second-order valence-electron chi connectivity index (χ2n) is 4.18. The summed E-state index contributed by atoms with van der Waals surface area (Å²) in [6, 6.07) is 5.01. The minimum absolute atomic E-state index is 0.00713. The Hall–Kier alpha value is -1.71. The van der Waals surface area contributed by atoms with Crippen LogP contribution in [-0.4, -0.2) is 23.9 Å². The Balaban J connectivity index is 2.92. The quantitative estimate of drug-likeness (QED) is 0.768. The van der Waals surface area contributed by atoms with Crippen LogP contribution in [0.2, 0.25) is 0 Å². The standard InChI is InChI=1S/C13H21N3O/c1-3-5-16(6-4-2)13(17)10-7-11(14)9-12(15)8-10/h7-9H,3-6,14-15H2,1-2H3. The van der Waals surface area contributed by atoms with Gasteiger partial charge in [-0.15, -0.1) is 0 Å². The van der Waals surface area contributed by atoms with Gasteiger partial charge in [-0.3, -0.25) is 4.79 Å². The summed E-state index contributed by atoms with van der Waals surface area (Å²) in [5.74, 6) is 0.00713. The highest BCUT2D eigenvalue weighted by Gasteiger charge is 2.14. The van der Waals surface area contributed by atoms with Crippen molar-refractivity contribution in [1.82, 2.24) is 4.90 Å². The Morgan fingerprint density at radius 2 is 1.53 bits per heavy atom. The molecule has 0 saturated carbocycles. The van der Waals surface area contributed by atoms with Crippen molar-refractivity contribution < 1.29 is 4.79 Å². The molecule has 0 spiro atoms. The molecule has 1 amide bonds. The first kappa shape index (κ1) is 13.4. The van der Waals surface area contributed by atoms with Crippen LogP contribution in [0.25, 0.3) is 0 Å². The third kappa shape index (κ3) is 3.66. The summed E-state index contributed by atoms with van der Waals surface area (Å²) in [5, 5.41) is 0. The lowest BCUT2D eigenvalue weighted by Gasteiger charge is -2.21. The predicted molar refractivity (Wildman–Crippen MR) is 71.8 cm³/mol. The van der Waals surface area contributed by atoms with Crippen LogP contribution in [-0.2, 0) is 0 Å². The van der Waals surface area contributed by atoms with E-state index in [1.54, 1.807) is 18.2 Å². The SMILES string of the molecule is CCCN(CCC)C(=O)c1cc(N)cc(N)c1.